The molecule has 1 aliphatic rings. The van der Waals surface area contributed by atoms with Gasteiger partial charge in [-0.3, -0.25) is 9.69 Å². The van der Waals surface area contributed by atoms with Crippen molar-refractivity contribution in [2.24, 2.45) is 0 Å². The molecule has 1 atom stereocenters. The lowest BCUT2D eigenvalue weighted by Crippen LogP contribution is -2.37. The van der Waals surface area contributed by atoms with Gasteiger partial charge in [-0.05, 0) is 44.6 Å². The van der Waals surface area contributed by atoms with Gasteiger partial charge in [-0.1, -0.05) is 17.7 Å². The maximum atomic E-state index is 11.9. The first-order valence-corrected chi connectivity index (χ1v) is 5.81. The van der Waals surface area contributed by atoms with E-state index >= 15 is 0 Å². The van der Waals surface area contributed by atoms with E-state index in [0.717, 1.165) is 25.1 Å². The second-order valence-electron chi connectivity index (χ2n) is 4.14. The van der Waals surface area contributed by atoms with Crippen molar-refractivity contribution in [3.8, 4) is 0 Å². The van der Waals surface area contributed by atoms with E-state index in [1.807, 2.05) is 19.2 Å². The number of rotatable bonds is 2. The first-order chi connectivity index (χ1) is 7.66. The molecule has 16 heavy (non-hydrogen) atoms. The van der Waals surface area contributed by atoms with Crippen LogP contribution in [0, 0.1) is 0 Å². The Kier molecular flexibility index (Phi) is 3.46. The Morgan fingerprint density at radius 3 is 3.00 bits per heavy atom. The molecule has 0 aromatic heterocycles. The lowest BCUT2D eigenvalue weighted by Gasteiger charge is -2.18. The van der Waals surface area contributed by atoms with Gasteiger partial charge in [0.25, 0.3) is 0 Å². The fourth-order valence-electron chi connectivity index (χ4n) is 2.03. The molecule has 86 valence electrons. The minimum Gasteiger partial charge on any atom is -0.325 e. The molecule has 1 unspecified atom stereocenters. The van der Waals surface area contributed by atoms with E-state index in [2.05, 4.69) is 10.2 Å². The molecule has 0 bridgehead atoms. The summed E-state index contributed by atoms with van der Waals surface area (Å²) in [4.78, 5) is 14.0. The number of carbonyl (C=O) groups excluding carboxylic acids is 1. The van der Waals surface area contributed by atoms with Crippen LogP contribution in [-0.2, 0) is 4.79 Å². The number of hydrogen-bond donors (Lipinski definition) is 1. The molecule has 0 spiro atoms. The van der Waals surface area contributed by atoms with E-state index in [1.54, 1.807) is 12.1 Å². The third-order valence-electron chi connectivity index (χ3n) is 2.92. The van der Waals surface area contributed by atoms with Crippen LogP contribution >= 0.6 is 11.6 Å². The van der Waals surface area contributed by atoms with Crippen LogP contribution in [0.3, 0.4) is 0 Å². The van der Waals surface area contributed by atoms with Crippen molar-refractivity contribution in [3.63, 3.8) is 0 Å². The zero-order valence-corrected chi connectivity index (χ0v) is 10.00. The highest BCUT2D eigenvalue weighted by Crippen LogP contribution is 2.19. The van der Waals surface area contributed by atoms with Crippen LogP contribution < -0.4 is 5.32 Å². The van der Waals surface area contributed by atoms with Crippen molar-refractivity contribution in [2.75, 3.05) is 18.9 Å². The number of hydrogen-bond acceptors (Lipinski definition) is 2. The molecule has 0 aliphatic carbocycles. The number of likely N-dealkylation sites (tertiary alicyclic amines) is 1. The quantitative estimate of drug-likeness (QED) is 0.858. The summed E-state index contributed by atoms with van der Waals surface area (Å²) >= 11 is 5.85. The molecule has 1 saturated heterocycles. The summed E-state index contributed by atoms with van der Waals surface area (Å²) in [7, 11) is 1.98. The molecule has 3 nitrogen and oxygen atoms in total. The lowest BCUT2D eigenvalue weighted by molar-refractivity contribution is -0.119. The molecule has 0 saturated carbocycles. The maximum absolute atomic E-state index is 11.9. The SMILES string of the molecule is CN1CCCC1C(=O)Nc1cccc(Cl)c1. The summed E-state index contributed by atoms with van der Waals surface area (Å²) in [5, 5.41) is 3.53. The number of amides is 1. The van der Waals surface area contributed by atoms with Crippen LogP contribution in [0.5, 0.6) is 0 Å². The van der Waals surface area contributed by atoms with Crippen molar-refractivity contribution in [1.82, 2.24) is 4.90 Å². The molecule has 1 amide bonds. The summed E-state index contributed by atoms with van der Waals surface area (Å²) in [5.74, 6) is 0.0577. The largest absolute Gasteiger partial charge is 0.325 e. The van der Waals surface area contributed by atoms with Gasteiger partial charge >= 0.3 is 0 Å². The Labute approximate surface area is 100 Å². The van der Waals surface area contributed by atoms with Crippen LogP contribution in [0.15, 0.2) is 24.3 Å². The highest BCUT2D eigenvalue weighted by atomic mass is 35.5. The number of nitrogens with one attached hydrogen (secondary N) is 1. The van der Waals surface area contributed by atoms with Gasteiger partial charge in [0.15, 0.2) is 0 Å². The van der Waals surface area contributed by atoms with Crippen LogP contribution in [0.1, 0.15) is 12.8 Å². The van der Waals surface area contributed by atoms with Gasteiger partial charge in [-0.15, -0.1) is 0 Å². The minimum atomic E-state index is -0.000943. The van der Waals surface area contributed by atoms with E-state index in [-0.39, 0.29) is 11.9 Å². The highest BCUT2D eigenvalue weighted by Gasteiger charge is 2.27. The Bertz CT molecular complexity index is 394. The minimum absolute atomic E-state index is 0.000943. The number of halogens is 1. The third-order valence-corrected chi connectivity index (χ3v) is 3.15. The molecule has 2 rings (SSSR count). The van der Waals surface area contributed by atoms with E-state index in [0.29, 0.717) is 5.02 Å². The Morgan fingerprint density at radius 2 is 2.38 bits per heavy atom. The van der Waals surface area contributed by atoms with Crippen LogP contribution in [0.25, 0.3) is 0 Å². The zero-order chi connectivity index (χ0) is 11.5. The summed E-state index contributed by atoms with van der Waals surface area (Å²) in [6.07, 6.45) is 2.02. The van der Waals surface area contributed by atoms with Crippen molar-refractivity contribution in [1.29, 1.82) is 0 Å². The van der Waals surface area contributed by atoms with Gasteiger partial charge in [-0.25, -0.2) is 0 Å². The Hall–Kier alpha value is -1.06. The third kappa shape index (κ3) is 2.54. The molecule has 1 aliphatic heterocycles. The van der Waals surface area contributed by atoms with Crippen LogP contribution in [0.2, 0.25) is 5.02 Å². The van der Waals surface area contributed by atoms with Gasteiger partial charge in [0.1, 0.15) is 0 Å². The Balaban J connectivity index is 2.02. The van der Waals surface area contributed by atoms with Crippen molar-refractivity contribution in [2.45, 2.75) is 18.9 Å². The first-order valence-electron chi connectivity index (χ1n) is 5.43. The second kappa shape index (κ2) is 4.85. The number of anilines is 1. The summed E-state index contributed by atoms with van der Waals surface area (Å²) < 4.78 is 0. The zero-order valence-electron chi connectivity index (χ0n) is 9.24. The van der Waals surface area contributed by atoms with Gasteiger partial charge in [0.2, 0.25) is 5.91 Å². The number of benzene rings is 1. The van der Waals surface area contributed by atoms with Gasteiger partial charge in [0, 0.05) is 10.7 Å². The smallest absolute Gasteiger partial charge is 0.241 e. The first kappa shape index (κ1) is 11.4. The average Bonchev–Trinajstić information content (AvgIpc) is 2.64. The van der Waals surface area contributed by atoms with Crippen molar-refractivity contribution < 1.29 is 4.79 Å². The summed E-state index contributed by atoms with van der Waals surface area (Å²) in [6.45, 7) is 0.994. The number of carbonyl (C=O) groups is 1. The second-order valence-corrected chi connectivity index (χ2v) is 4.57. The molecular formula is C12H15ClN2O. The molecule has 4 heteroatoms. The Morgan fingerprint density at radius 1 is 1.56 bits per heavy atom. The van der Waals surface area contributed by atoms with Crippen molar-refractivity contribution in [3.05, 3.63) is 29.3 Å². The van der Waals surface area contributed by atoms with Gasteiger partial charge in [0.05, 0.1) is 6.04 Å². The highest BCUT2D eigenvalue weighted by molar-refractivity contribution is 6.30. The van der Waals surface area contributed by atoms with E-state index in [4.69, 9.17) is 11.6 Å². The standard InChI is InChI=1S/C12H15ClN2O/c1-15-7-3-6-11(15)12(16)14-10-5-2-4-9(13)8-10/h2,4-5,8,11H,3,6-7H2,1H3,(H,14,16). The number of nitrogens with zero attached hydrogens (tertiary/aromatic N) is 1. The monoisotopic (exact) mass is 238 g/mol. The molecule has 1 aromatic rings. The topological polar surface area (TPSA) is 32.3 Å². The van der Waals surface area contributed by atoms with Crippen LogP contribution in [0.4, 0.5) is 5.69 Å². The average molecular weight is 239 g/mol. The predicted octanol–water partition coefficient (Wildman–Crippen LogP) is 2.37. The molecule has 1 heterocycles. The van der Waals surface area contributed by atoms with E-state index in [1.165, 1.54) is 0 Å². The summed E-state index contributed by atoms with van der Waals surface area (Å²) in [6, 6.07) is 7.22. The molecule has 1 aromatic carbocycles. The maximum Gasteiger partial charge on any atom is 0.241 e. The van der Waals surface area contributed by atoms with Gasteiger partial charge in [-0.2, -0.15) is 0 Å². The molecule has 1 N–H and O–H groups in total. The van der Waals surface area contributed by atoms with E-state index < -0.39 is 0 Å². The van der Waals surface area contributed by atoms with Crippen LogP contribution in [-0.4, -0.2) is 30.4 Å². The fourth-order valence-corrected chi connectivity index (χ4v) is 2.22. The predicted molar refractivity (Wildman–Crippen MR) is 65.7 cm³/mol. The van der Waals surface area contributed by atoms with Gasteiger partial charge < -0.3 is 5.32 Å². The van der Waals surface area contributed by atoms with Crippen molar-refractivity contribution >= 4 is 23.2 Å². The molecule has 0 radical (unpaired) electrons. The normalized spacial score (nSPS) is 21.0. The fraction of sp³-hybridized carbons (Fsp3) is 0.417. The number of likely N-dealkylation sites (N-methyl/N-ethyl adjacent to an activating group) is 1. The van der Waals surface area contributed by atoms with E-state index in [9.17, 15) is 4.79 Å². The molecule has 1 fully saturated rings. The molecular weight excluding hydrogens is 224 g/mol. The summed E-state index contributed by atoms with van der Waals surface area (Å²) in [5.41, 5.74) is 0.762. The lowest BCUT2D eigenvalue weighted by atomic mass is 10.2.